The third-order valence-electron chi connectivity index (χ3n) is 3.15. The van der Waals surface area contributed by atoms with Gasteiger partial charge in [0.2, 0.25) is 0 Å². The van der Waals surface area contributed by atoms with Crippen LogP contribution in [0.3, 0.4) is 0 Å². The molecule has 0 saturated carbocycles. The first kappa shape index (κ1) is 15.2. The molecule has 1 N–H and O–H groups in total. The first-order valence-electron chi connectivity index (χ1n) is 6.07. The Kier molecular flexibility index (Phi) is 4.09. The molecule has 0 amide bonds. The number of benzene rings is 1. The second-order valence-corrected chi connectivity index (χ2v) is 4.96. The number of carbonyl (C=O) groups is 1. The van der Waals surface area contributed by atoms with Crippen molar-refractivity contribution < 1.29 is 14.3 Å². The smallest absolute Gasteiger partial charge is 0.352 e. The fraction of sp³-hybridized carbons (Fsp3) is 0.214. The molecule has 21 heavy (non-hydrogen) atoms. The summed E-state index contributed by atoms with van der Waals surface area (Å²) in [5, 5.41) is 8.82. The molecule has 0 fully saturated rings. The average molecular weight is 311 g/mol. The maximum absolute atomic E-state index is 13.2. The van der Waals surface area contributed by atoms with Crippen molar-refractivity contribution in [2.45, 2.75) is 20.3 Å². The van der Waals surface area contributed by atoms with Crippen LogP contribution in [-0.4, -0.2) is 20.6 Å². The van der Waals surface area contributed by atoms with Gasteiger partial charge in [0, 0.05) is 17.0 Å². The maximum Gasteiger partial charge on any atom is 0.352 e. The highest BCUT2D eigenvalue weighted by Crippen LogP contribution is 2.20. The van der Waals surface area contributed by atoms with Gasteiger partial charge in [0.1, 0.15) is 5.82 Å². The van der Waals surface area contributed by atoms with Crippen LogP contribution >= 0.6 is 11.6 Å². The van der Waals surface area contributed by atoms with Crippen molar-refractivity contribution >= 4 is 17.6 Å². The number of nitrogens with zero attached hydrogens (tertiary/aromatic N) is 2. The fourth-order valence-electron chi connectivity index (χ4n) is 2.14. The lowest BCUT2D eigenvalue weighted by Crippen LogP contribution is -2.27. The molecule has 0 saturated heterocycles. The summed E-state index contributed by atoms with van der Waals surface area (Å²) in [5.74, 6) is -1.62. The van der Waals surface area contributed by atoms with Crippen LogP contribution in [-0.2, 0) is 11.2 Å². The number of hydrogen-bond donors (Lipinski definition) is 1. The summed E-state index contributed by atoms with van der Waals surface area (Å²) < 4.78 is 14.4. The van der Waals surface area contributed by atoms with Gasteiger partial charge in [-0.2, -0.15) is 4.98 Å². The van der Waals surface area contributed by atoms with Gasteiger partial charge in [0.05, 0.1) is 17.1 Å². The maximum atomic E-state index is 13.2. The minimum absolute atomic E-state index is 0.126. The second-order valence-electron chi connectivity index (χ2n) is 4.55. The van der Waals surface area contributed by atoms with Crippen molar-refractivity contribution in [2.75, 3.05) is 0 Å². The number of halogens is 2. The van der Waals surface area contributed by atoms with E-state index in [1.54, 1.807) is 13.8 Å². The molecule has 2 aromatic rings. The highest BCUT2D eigenvalue weighted by molar-refractivity contribution is 6.30. The van der Waals surface area contributed by atoms with Crippen molar-refractivity contribution in [1.29, 1.82) is 0 Å². The third-order valence-corrected chi connectivity index (χ3v) is 3.44. The Bertz CT molecular complexity index is 787. The van der Waals surface area contributed by atoms with Gasteiger partial charge in [0.15, 0.2) is 0 Å². The minimum Gasteiger partial charge on any atom is -0.481 e. The van der Waals surface area contributed by atoms with Crippen molar-refractivity contribution in [3.8, 4) is 5.69 Å². The Morgan fingerprint density at radius 1 is 1.43 bits per heavy atom. The minimum atomic E-state index is -1.02. The largest absolute Gasteiger partial charge is 0.481 e. The lowest BCUT2D eigenvalue weighted by atomic mass is 10.1. The molecule has 0 atom stereocenters. The van der Waals surface area contributed by atoms with Crippen LogP contribution in [0.15, 0.2) is 23.0 Å². The highest BCUT2D eigenvalue weighted by atomic mass is 35.5. The van der Waals surface area contributed by atoms with Gasteiger partial charge in [0.25, 0.3) is 0 Å². The number of aliphatic carboxylic acids is 1. The van der Waals surface area contributed by atoms with E-state index in [1.165, 1.54) is 16.7 Å². The Morgan fingerprint density at radius 2 is 2.10 bits per heavy atom. The molecule has 0 bridgehead atoms. The van der Waals surface area contributed by atoms with Gasteiger partial charge in [-0.1, -0.05) is 11.6 Å². The molecule has 110 valence electrons. The Balaban J connectivity index is 2.71. The summed E-state index contributed by atoms with van der Waals surface area (Å²) in [6.07, 6.45) is -0.250. The number of rotatable bonds is 3. The molecule has 0 aliphatic heterocycles. The first-order chi connectivity index (χ1) is 9.81. The lowest BCUT2D eigenvalue weighted by molar-refractivity contribution is -0.136. The van der Waals surface area contributed by atoms with Crippen LogP contribution in [0.1, 0.15) is 17.0 Å². The number of carboxylic acids is 1. The molecule has 0 aliphatic rings. The van der Waals surface area contributed by atoms with E-state index in [0.717, 1.165) is 6.07 Å². The van der Waals surface area contributed by atoms with E-state index in [2.05, 4.69) is 4.98 Å². The van der Waals surface area contributed by atoms with Gasteiger partial charge >= 0.3 is 11.7 Å². The highest BCUT2D eigenvalue weighted by Gasteiger charge is 2.16. The normalized spacial score (nSPS) is 10.7. The van der Waals surface area contributed by atoms with E-state index < -0.39 is 17.5 Å². The predicted molar refractivity (Wildman–Crippen MR) is 75.6 cm³/mol. The summed E-state index contributed by atoms with van der Waals surface area (Å²) in [5.41, 5.74) is 1.02. The zero-order valence-corrected chi connectivity index (χ0v) is 12.1. The molecule has 1 heterocycles. The van der Waals surface area contributed by atoms with E-state index in [9.17, 15) is 14.0 Å². The Morgan fingerprint density at radius 3 is 2.67 bits per heavy atom. The van der Waals surface area contributed by atoms with Crippen LogP contribution in [0.2, 0.25) is 5.02 Å². The predicted octanol–water partition coefficient (Wildman–Crippen LogP) is 2.27. The van der Waals surface area contributed by atoms with Gasteiger partial charge < -0.3 is 5.11 Å². The van der Waals surface area contributed by atoms with Crippen LogP contribution < -0.4 is 5.69 Å². The Labute approximate surface area is 124 Å². The van der Waals surface area contributed by atoms with Crippen molar-refractivity contribution in [3.63, 3.8) is 0 Å². The third kappa shape index (κ3) is 2.95. The molecule has 0 unspecified atom stereocenters. The van der Waals surface area contributed by atoms with Crippen LogP contribution in [0.25, 0.3) is 5.69 Å². The van der Waals surface area contributed by atoms with Crippen LogP contribution in [0.5, 0.6) is 0 Å². The van der Waals surface area contributed by atoms with E-state index in [-0.39, 0.29) is 11.4 Å². The average Bonchev–Trinajstić information content (AvgIpc) is 2.38. The molecule has 7 heteroatoms. The van der Waals surface area contributed by atoms with Gasteiger partial charge in [-0.25, -0.2) is 9.18 Å². The molecule has 5 nitrogen and oxygen atoms in total. The molecule has 0 spiro atoms. The first-order valence-corrected chi connectivity index (χ1v) is 6.45. The van der Waals surface area contributed by atoms with Crippen LogP contribution in [0.4, 0.5) is 4.39 Å². The molecule has 0 radical (unpaired) electrons. The van der Waals surface area contributed by atoms with Crippen molar-refractivity contribution in [3.05, 3.63) is 56.5 Å². The standard InChI is InChI=1S/C14H12ClFN2O3/c1-7-10(6-13(19)20)8(2)18(14(21)17-7)9-3-4-12(16)11(15)5-9/h3-5H,6H2,1-2H3,(H,19,20). The van der Waals surface area contributed by atoms with Crippen molar-refractivity contribution in [2.24, 2.45) is 0 Å². The molecule has 1 aromatic heterocycles. The lowest BCUT2D eigenvalue weighted by Gasteiger charge is -2.14. The molecule has 1 aromatic carbocycles. The Hall–Kier alpha value is -2.21. The van der Waals surface area contributed by atoms with E-state index in [1.807, 2.05) is 0 Å². The number of hydrogen-bond acceptors (Lipinski definition) is 3. The monoisotopic (exact) mass is 310 g/mol. The fourth-order valence-corrected chi connectivity index (χ4v) is 2.31. The van der Waals surface area contributed by atoms with E-state index >= 15 is 0 Å². The quantitative estimate of drug-likeness (QED) is 0.944. The van der Waals surface area contributed by atoms with Gasteiger partial charge in [-0.15, -0.1) is 0 Å². The molecular weight excluding hydrogens is 299 g/mol. The summed E-state index contributed by atoms with van der Waals surface area (Å²) in [6, 6.07) is 3.82. The number of aromatic nitrogens is 2. The zero-order chi connectivity index (χ0) is 15.7. The second kappa shape index (κ2) is 5.65. The van der Waals surface area contributed by atoms with Gasteiger partial charge in [-0.05, 0) is 32.0 Å². The van der Waals surface area contributed by atoms with Crippen molar-refractivity contribution in [1.82, 2.24) is 9.55 Å². The number of carboxylic acid groups (broad SMARTS) is 1. The molecular formula is C14H12ClFN2O3. The SMILES string of the molecule is Cc1nc(=O)n(-c2ccc(F)c(Cl)c2)c(C)c1CC(=O)O. The van der Waals surface area contributed by atoms with E-state index in [4.69, 9.17) is 16.7 Å². The molecule has 2 rings (SSSR count). The van der Waals surface area contributed by atoms with Crippen LogP contribution in [0, 0.1) is 19.7 Å². The summed E-state index contributed by atoms with van der Waals surface area (Å²) >= 11 is 5.72. The van der Waals surface area contributed by atoms with E-state index in [0.29, 0.717) is 22.6 Å². The summed E-state index contributed by atoms with van der Waals surface area (Å²) in [7, 11) is 0. The topological polar surface area (TPSA) is 72.2 Å². The number of aryl methyl sites for hydroxylation is 1. The van der Waals surface area contributed by atoms with Gasteiger partial charge in [-0.3, -0.25) is 9.36 Å². The molecule has 0 aliphatic carbocycles. The zero-order valence-electron chi connectivity index (χ0n) is 11.4. The summed E-state index contributed by atoms with van der Waals surface area (Å²) in [6.45, 7) is 3.19. The summed E-state index contributed by atoms with van der Waals surface area (Å²) in [4.78, 5) is 26.8.